The summed E-state index contributed by atoms with van der Waals surface area (Å²) in [5, 5.41) is 2.92. The summed E-state index contributed by atoms with van der Waals surface area (Å²) in [6.45, 7) is 6.43. The van der Waals surface area contributed by atoms with Crippen LogP contribution in [0.4, 0.5) is 0 Å². The van der Waals surface area contributed by atoms with Gasteiger partial charge in [-0.15, -0.1) is 0 Å². The Morgan fingerprint density at radius 1 is 1.19 bits per heavy atom. The number of nitrogens with one attached hydrogen (secondary N) is 1. The van der Waals surface area contributed by atoms with Crippen molar-refractivity contribution in [3.63, 3.8) is 0 Å². The van der Waals surface area contributed by atoms with Crippen LogP contribution in [0.15, 0.2) is 42.9 Å². The third-order valence-electron chi connectivity index (χ3n) is 4.20. The standard InChI is InChI=1S/C20H22N4O2/c1-13-5-6-14(2)16(9-13)10-21-19(25)17-7-8-18(20(23-17)26-4)24-11-15(3)22-12-24/h5-9,11-12H,10H2,1-4H3,(H,21,25). The maximum absolute atomic E-state index is 12.5. The van der Waals surface area contributed by atoms with Crippen LogP contribution in [0.3, 0.4) is 0 Å². The van der Waals surface area contributed by atoms with Crippen molar-refractivity contribution in [1.82, 2.24) is 19.9 Å². The van der Waals surface area contributed by atoms with Crippen LogP contribution < -0.4 is 10.1 Å². The number of hydrogen-bond donors (Lipinski definition) is 1. The molecule has 0 atom stereocenters. The summed E-state index contributed by atoms with van der Waals surface area (Å²) in [5.41, 5.74) is 5.34. The largest absolute Gasteiger partial charge is 0.479 e. The number of imidazole rings is 1. The third kappa shape index (κ3) is 3.74. The lowest BCUT2D eigenvalue weighted by Gasteiger charge is -2.11. The van der Waals surface area contributed by atoms with Crippen molar-refractivity contribution < 1.29 is 9.53 Å². The summed E-state index contributed by atoms with van der Waals surface area (Å²) in [6, 6.07) is 9.68. The van der Waals surface area contributed by atoms with E-state index in [1.54, 1.807) is 18.5 Å². The molecule has 0 aliphatic rings. The van der Waals surface area contributed by atoms with E-state index in [9.17, 15) is 4.79 Å². The van der Waals surface area contributed by atoms with E-state index in [0.29, 0.717) is 18.1 Å². The Bertz CT molecular complexity index is 947. The smallest absolute Gasteiger partial charge is 0.270 e. The number of rotatable bonds is 5. The van der Waals surface area contributed by atoms with E-state index >= 15 is 0 Å². The van der Waals surface area contributed by atoms with Crippen LogP contribution in [0.2, 0.25) is 0 Å². The van der Waals surface area contributed by atoms with E-state index < -0.39 is 0 Å². The Labute approximate surface area is 152 Å². The molecule has 1 aromatic carbocycles. The van der Waals surface area contributed by atoms with Crippen LogP contribution >= 0.6 is 0 Å². The zero-order valence-corrected chi connectivity index (χ0v) is 15.4. The maximum Gasteiger partial charge on any atom is 0.270 e. The molecule has 0 saturated carbocycles. The van der Waals surface area contributed by atoms with Gasteiger partial charge in [-0.1, -0.05) is 23.8 Å². The highest BCUT2D eigenvalue weighted by Crippen LogP contribution is 2.21. The molecule has 0 saturated heterocycles. The lowest BCUT2D eigenvalue weighted by molar-refractivity contribution is 0.0945. The SMILES string of the molecule is COc1nc(C(=O)NCc2cc(C)ccc2C)ccc1-n1cnc(C)c1. The number of nitrogens with zero attached hydrogens (tertiary/aromatic N) is 3. The summed E-state index contributed by atoms with van der Waals surface area (Å²) < 4.78 is 7.18. The monoisotopic (exact) mass is 350 g/mol. The van der Waals surface area contributed by atoms with Gasteiger partial charge in [-0.2, -0.15) is 0 Å². The van der Waals surface area contributed by atoms with Crippen LogP contribution in [-0.2, 0) is 6.54 Å². The fourth-order valence-corrected chi connectivity index (χ4v) is 2.72. The molecule has 0 radical (unpaired) electrons. The Kier molecular flexibility index (Phi) is 5.02. The molecule has 0 aliphatic carbocycles. The maximum atomic E-state index is 12.5. The molecular formula is C20H22N4O2. The number of carbonyl (C=O) groups excluding carboxylic acids is 1. The van der Waals surface area contributed by atoms with Gasteiger partial charge >= 0.3 is 0 Å². The van der Waals surface area contributed by atoms with Crippen molar-refractivity contribution in [1.29, 1.82) is 0 Å². The number of aromatic nitrogens is 3. The lowest BCUT2D eigenvalue weighted by Crippen LogP contribution is -2.24. The molecule has 0 spiro atoms. The minimum absolute atomic E-state index is 0.238. The molecule has 2 heterocycles. The van der Waals surface area contributed by atoms with E-state index in [1.807, 2.05) is 31.5 Å². The van der Waals surface area contributed by atoms with Crippen molar-refractivity contribution in [2.75, 3.05) is 7.11 Å². The molecule has 1 N–H and O–H groups in total. The number of amides is 1. The van der Waals surface area contributed by atoms with Crippen molar-refractivity contribution in [3.8, 4) is 11.6 Å². The first-order valence-corrected chi connectivity index (χ1v) is 8.38. The topological polar surface area (TPSA) is 69.0 Å². The zero-order valence-electron chi connectivity index (χ0n) is 15.4. The molecule has 134 valence electrons. The number of ether oxygens (including phenoxy) is 1. The molecule has 6 heteroatoms. The van der Waals surface area contributed by atoms with E-state index in [4.69, 9.17) is 4.74 Å². The van der Waals surface area contributed by atoms with Gasteiger partial charge in [0, 0.05) is 12.7 Å². The summed E-state index contributed by atoms with van der Waals surface area (Å²) in [5.74, 6) is 0.138. The van der Waals surface area contributed by atoms with Crippen LogP contribution in [0.25, 0.3) is 5.69 Å². The number of carbonyl (C=O) groups is 1. The van der Waals surface area contributed by atoms with Crippen molar-refractivity contribution >= 4 is 5.91 Å². The minimum atomic E-state index is -0.238. The van der Waals surface area contributed by atoms with Crippen molar-refractivity contribution in [2.24, 2.45) is 0 Å². The van der Waals surface area contributed by atoms with Gasteiger partial charge in [0.1, 0.15) is 11.4 Å². The van der Waals surface area contributed by atoms with Gasteiger partial charge in [0.2, 0.25) is 5.88 Å². The first-order chi connectivity index (χ1) is 12.5. The Morgan fingerprint density at radius 2 is 2.00 bits per heavy atom. The van der Waals surface area contributed by atoms with Gasteiger partial charge in [0.05, 0.1) is 19.1 Å². The van der Waals surface area contributed by atoms with Gasteiger partial charge in [-0.3, -0.25) is 4.79 Å². The van der Waals surface area contributed by atoms with Crippen molar-refractivity contribution in [3.05, 3.63) is 70.9 Å². The number of hydrogen-bond acceptors (Lipinski definition) is 4. The molecule has 0 fully saturated rings. The molecule has 2 aromatic heterocycles. The molecule has 0 bridgehead atoms. The van der Waals surface area contributed by atoms with Gasteiger partial charge in [0.15, 0.2) is 0 Å². The first-order valence-electron chi connectivity index (χ1n) is 8.38. The fourth-order valence-electron chi connectivity index (χ4n) is 2.72. The average Bonchev–Trinajstić information content (AvgIpc) is 3.07. The van der Waals surface area contributed by atoms with E-state index in [-0.39, 0.29) is 5.91 Å². The summed E-state index contributed by atoms with van der Waals surface area (Å²) in [7, 11) is 1.54. The predicted molar refractivity (Wildman–Crippen MR) is 99.7 cm³/mol. The highest BCUT2D eigenvalue weighted by molar-refractivity contribution is 5.92. The van der Waals surface area contributed by atoms with E-state index in [1.165, 1.54) is 12.7 Å². The average molecular weight is 350 g/mol. The van der Waals surface area contributed by atoms with Gasteiger partial charge in [-0.05, 0) is 44.0 Å². The molecule has 6 nitrogen and oxygen atoms in total. The summed E-state index contributed by atoms with van der Waals surface area (Å²) in [6.07, 6.45) is 3.56. The first kappa shape index (κ1) is 17.7. The van der Waals surface area contributed by atoms with E-state index in [2.05, 4.69) is 33.5 Å². The second-order valence-corrected chi connectivity index (χ2v) is 6.26. The van der Waals surface area contributed by atoms with Crippen LogP contribution in [-0.4, -0.2) is 27.6 Å². The Balaban J connectivity index is 1.78. The van der Waals surface area contributed by atoms with Gasteiger partial charge < -0.3 is 14.6 Å². The van der Waals surface area contributed by atoms with Gasteiger partial charge in [0.25, 0.3) is 5.91 Å². The van der Waals surface area contributed by atoms with Crippen LogP contribution in [0, 0.1) is 20.8 Å². The lowest BCUT2D eigenvalue weighted by atomic mass is 10.1. The molecular weight excluding hydrogens is 328 g/mol. The second kappa shape index (κ2) is 7.39. The predicted octanol–water partition coefficient (Wildman–Crippen LogP) is 3.13. The van der Waals surface area contributed by atoms with Gasteiger partial charge in [-0.25, -0.2) is 9.97 Å². The number of aryl methyl sites for hydroxylation is 3. The molecule has 0 aliphatic heterocycles. The highest BCUT2D eigenvalue weighted by Gasteiger charge is 2.14. The Morgan fingerprint density at radius 3 is 2.69 bits per heavy atom. The molecule has 26 heavy (non-hydrogen) atoms. The number of benzene rings is 1. The quantitative estimate of drug-likeness (QED) is 0.767. The van der Waals surface area contributed by atoms with Crippen molar-refractivity contribution in [2.45, 2.75) is 27.3 Å². The second-order valence-electron chi connectivity index (χ2n) is 6.26. The zero-order chi connectivity index (χ0) is 18.7. The minimum Gasteiger partial charge on any atom is -0.479 e. The number of methoxy groups -OCH3 is 1. The molecule has 1 amide bonds. The van der Waals surface area contributed by atoms with Crippen LogP contribution in [0.1, 0.15) is 32.9 Å². The normalized spacial score (nSPS) is 10.6. The Hall–Kier alpha value is -3.15. The molecule has 3 aromatic rings. The molecule has 0 unspecified atom stereocenters. The molecule has 3 rings (SSSR count). The fraction of sp³-hybridized carbons (Fsp3) is 0.250. The third-order valence-corrected chi connectivity index (χ3v) is 4.20. The van der Waals surface area contributed by atoms with E-state index in [0.717, 1.165) is 22.5 Å². The summed E-state index contributed by atoms with van der Waals surface area (Å²) >= 11 is 0. The number of pyridine rings is 1. The highest BCUT2D eigenvalue weighted by atomic mass is 16.5. The summed E-state index contributed by atoms with van der Waals surface area (Å²) in [4.78, 5) is 21.0. The van der Waals surface area contributed by atoms with Crippen LogP contribution in [0.5, 0.6) is 5.88 Å².